The maximum Gasteiger partial charge on any atom is 0.118 e. The zero-order valence-electron chi connectivity index (χ0n) is 11.4. The van der Waals surface area contributed by atoms with Gasteiger partial charge in [0.05, 0.1) is 19.0 Å². The van der Waals surface area contributed by atoms with E-state index < -0.39 is 0 Å². The molecule has 2 aromatic carbocycles. The monoisotopic (exact) mass is 265 g/mol. The highest BCUT2D eigenvalue weighted by Crippen LogP contribution is 2.20. The van der Waals surface area contributed by atoms with E-state index in [1.807, 2.05) is 48.5 Å². The molecular formula is C16H15N3O. The molecule has 3 aromatic rings. The highest BCUT2D eigenvalue weighted by Gasteiger charge is 2.05. The van der Waals surface area contributed by atoms with E-state index in [-0.39, 0.29) is 0 Å². The summed E-state index contributed by atoms with van der Waals surface area (Å²) in [6, 6.07) is 15.9. The highest BCUT2D eigenvalue weighted by atomic mass is 16.5. The second-order valence-corrected chi connectivity index (χ2v) is 4.58. The van der Waals surface area contributed by atoms with Crippen molar-refractivity contribution in [2.75, 3.05) is 7.11 Å². The van der Waals surface area contributed by atoms with E-state index in [0.717, 1.165) is 22.7 Å². The van der Waals surface area contributed by atoms with Crippen molar-refractivity contribution in [1.29, 1.82) is 0 Å². The van der Waals surface area contributed by atoms with Crippen LogP contribution in [0.1, 0.15) is 5.56 Å². The van der Waals surface area contributed by atoms with E-state index in [1.165, 1.54) is 5.56 Å². The molecule has 0 spiro atoms. The van der Waals surface area contributed by atoms with Crippen LogP contribution in [0.4, 0.5) is 0 Å². The van der Waals surface area contributed by atoms with Crippen LogP contribution in [0.3, 0.4) is 0 Å². The fraction of sp³-hybridized carbons (Fsp3) is 0.125. The second kappa shape index (κ2) is 5.17. The minimum Gasteiger partial charge on any atom is -0.497 e. The van der Waals surface area contributed by atoms with Gasteiger partial charge in [0, 0.05) is 5.56 Å². The molecule has 0 aliphatic heterocycles. The predicted molar refractivity (Wildman–Crippen MR) is 78.1 cm³/mol. The third-order valence-corrected chi connectivity index (χ3v) is 3.14. The van der Waals surface area contributed by atoms with Gasteiger partial charge in [-0.05, 0) is 43.3 Å². The fourth-order valence-corrected chi connectivity index (χ4v) is 1.96. The minimum absolute atomic E-state index is 0.833. The number of hydrogen-bond acceptors (Lipinski definition) is 3. The molecule has 0 radical (unpaired) electrons. The third-order valence-electron chi connectivity index (χ3n) is 3.14. The van der Waals surface area contributed by atoms with Crippen molar-refractivity contribution in [3.8, 4) is 22.7 Å². The van der Waals surface area contributed by atoms with E-state index in [4.69, 9.17) is 4.74 Å². The standard InChI is InChI=1S/C16H15N3O/c1-12-3-7-14(8-4-12)19-17-11-16(18-19)13-5-9-15(20-2)10-6-13/h3-11H,1-2H3. The maximum absolute atomic E-state index is 5.15. The normalized spacial score (nSPS) is 10.5. The Kier molecular flexibility index (Phi) is 3.21. The summed E-state index contributed by atoms with van der Waals surface area (Å²) in [5.41, 5.74) is 4.03. The van der Waals surface area contributed by atoms with Crippen molar-refractivity contribution >= 4 is 0 Å². The lowest BCUT2D eigenvalue weighted by atomic mass is 10.2. The molecule has 0 saturated carbocycles. The smallest absolute Gasteiger partial charge is 0.118 e. The molecular weight excluding hydrogens is 250 g/mol. The van der Waals surface area contributed by atoms with Gasteiger partial charge >= 0.3 is 0 Å². The van der Waals surface area contributed by atoms with Crippen LogP contribution in [-0.4, -0.2) is 22.1 Å². The van der Waals surface area contributed by atoms with Crippen LogP contribution in [0.2, 0.25) is 0 Å². The molecule has 0 aliphatic carbocycles. The Balaban J connectivity index is 1.91. The quantitative estimate of drug-likeness (QED) is 0.729. The number of benzene rings is 2. The van der Waals surface area contributed by atoms with Crippen LogP contribution >= 0.6 is 0 Å². The Morgan fingerprint density at radius 1 is 0.950 bits per heavy atom. The van der Waals surface area contributed by atoms with Crippen molar-refractivity contribution in [3.05, 3.63) is 60.3 Å². The molecule has 4 nitrogen and oxygen atoms in total. The van der Waals surface area contributed by atoms with Gasteiger partial charge in [0.15, 0.2) is 0 Å². The number of hydrogen-bond donors (Lipinski definition) is 0. The predicted octanol–water partition coefficient (Wildman–Crippen LogP) is 3.25. The summed E-state index contributed by atoms with van der Waals surface area (Å²) in [5.74, 6) is 0.833. The molecule has 0 saturated heterocycles. The van der Waals surface area contributed by atoms with Gasteiger partial charge in [0.1, 0.15) is 11.4 Å². The molecule has 3 rings (SSSR count). The molecule has 0 unspecified atom stereocenters. The van der Waals surface area contributed by atoms with E-state index in [2.05, 4.69) is 17.1 Å². The van der Waals surface area contributed by atoms with E-state index in [0.29, 0.717) is 0 Å². The summed E-state index contributed by atoms with van der Waals surface area (Å²) in [7, 11) is 1.66. The summed E-state index contributed by atoms with van der Waals surface area (Å²) in [4.78, 5) is 1.64. The van der Waals surface area contributed by atoms with Crippen LogP contribution in [0.15, 0.2) is 54.7 Å². The molecule has 4 heteroatoms. The largest absolute Gasteiger partial charge is 0.497 e. The first-order valence-corrected chi connectivity index (χ1v) is 6.40. The zero-order valence-corrected chi connectivity index (χ0v) is 11.4. The number of nitrogens with zero attached hydrogens (tertiary/aromatic N) is 3. The SMILES string of the molecule is COc1ccc(-c2cnn(-c3ccc(C)cc3)n2)cc1. The molecule has 100 valence electrons. The van der Waals surface area contributed by atoms with Crippen LogP contribution in [0, 0.1) is 6.92 Å². The number of aryl methyl sites for hydroxylation is 1. The molecule has 0 N–H and O–H groups in total. The molecule has 1 heterocycles. The van der Waals surface area contributed by atoms with Gasteiger partial charge < -0.3 is 4.74 Å². The van der Waals surface area contributed by atoms with Gasteiger partial charge in [-0.15, -0.1) is 5.10 Å². The van der Waals surface area contributed by atoms with Crippen LogP contribution < -0.4 is 4.74 Å². The summed E-state index contributed by atoms with van der Waals surface area (Å²) < 4.78 is 5.15. The van der Waals surface area contributed by atoms with Crippen molar-refractivity contribution in [1.82, 2.24) is 15.0 Å². The summed E-state index contributed by atoms with van der Waals surface area (Å²) in [6.07, 6.45) is 1.77. The lowest BCUT2D eigenvalue weighted by Crippen LogP contribution is -1.98. The average Bonchev–Trinajstić information content (AvgIpc) is 2.98. The van der Waals surface area contributed by atoms with Crippen molar-refractivity contribution in [2.24, 2.45) is 0 Å². The topological polar surface area (TPSA) is 39.9 Å². The fourth-order valence-electron chi connectivity index (χ4n) is 1.96. The minimum atomic E-state index is 0.833. The molecule has 0 aliphatic rings. The van der Waals surface area contributed by atoms with Crippen LogP contribution in [0.5, 0.6) is 5.75 Å². The van der Waals surface area contributed by atoms with Crippen molar-refractivity contribution < 1.29 is 4.74 Å². The van der Waals surface area contributed by atoms with Gasteiger partial charge in [-0.1, -0.05) is 17.7 Å². The van der Waals surface area contributed by atoms with E-state index >= 15 is 0 Å². The Morgan fingerprint density at radius 3 is 2.30 bits per heavy atom. The Bertz CT molecular complexity index is 699. The van der Waals surface area contributed by atoms with Gasteiger partial charge in [0.2, 0.25) is 0 Å². The van der Waals surface area contributed by atoms with Crippen molar-refractivity contribution in [2.45, 2.75) is 6.92 Å². The lowest BCUT2D eigenvalue weighted by Gasteiger charge is -2.01. The molecule has 0 fully saturated rings. The molecule has 1 aromatic heterocycles. The number of aromatic nitrogens is 3. The summed E-state index contributed by atoms with van der Waals surface area (Å²) >= 11 is 0. The van der Waals surface area contributed by atoms with E-state index in [1.54, 1.807) is 18.1 Å². The lowest BCUT2D eigenvalue weighted by molar-refractivity contribution is 0.415. The second-order valence-electron chi connectivity index (χ2n) is 4.58. The summed E-state index contributed by atoms with van der Waals surface area (Å²) in [5, 5.41) is 8.81. The van der Waals surface area contributed by atoms with Gasteiger partial charge in [-0.2, -0.15) is 9.90 Å². The van der Waals surface area contributed by atoms with Crippen LogP contribution in [-0.2, 0) is 0 Å². The maximum atomic E-state index is 5.15. The molecule has 0 bridgehead atoms. The molecule has 0 amide bonds. The number of ether oxygens (including phenoxy) is 1. The molecule has 0 atom stereocenters. The van der Waals surface area contributed by atoms with Crippen LogP contribution in [0.25, 0.3) is 16.9 Å². The molecule has 20 heavy (non-hydrogen) atoms. The van der Waals surface area contributed by atoms with Gasteiger partial charge in [0.25, 0.3) is 0 Å². The Morgan fingerprint density at radius 2 is 1.65 bits per heavy atom. The van der Waals surface area contributed by atoms with E-state index in [9.17, 15) is 0 Å². The number of rotatable bonds is 3. The number of methoxy groups -OCH3 is 1. The van der Waals surface area contributed by atoms with Gasteiger partial charge in [-0.25, -0.2) is 0 Å². The van der Waals surface area contributed by atoms with Crippen molar-refractivity contribution in [3.63, 3.8) is 0 Å². The Labute approximate surface area is 117 Å². The summed E-state index contributed by atoms with van der Waals surface area (Å²) in [6.45, 7) is 2.06. The van der Waals surface area contributed by atoms with Gasteiger partial charge in [-0.3, -0.25) is 0 Å². The first-order valence-electron chi connectivity index (χ1n) is 6.40. The Hall–Kier alpha value is -2.62. The zero-order chi connectivity index (χ0) is 13.9. The average molecular weight is 265 g/mol. The first kappa shape index (κ1) is 12.4. The first-order chi connectivity index (χ1) is 9.76. The highest BCUT2D eigenvalue weighted by molar-refractivity contribution is 5.59. The third kappa shape index (κ3) is 2.40.